The fourth-order valence-corrected chi connectivity index (χ4v) is 7.00. The maximum absolute atomic E-state index is 13.7. The molecule has 3 aromatic rings. The first-order chi connectivity index (χ1) is 19.8. The van der Waals surface area contributed by atoms with Crippen LogP contribution in [0, 0.1) is 5.92 Å². The van der Waals surface area contributed by atoms with E-state index in [0.29, 0.717) is 22.4 Å². The van der Waals surface area contributed by atoms with Crippen LogP contribution in [0.5, 0.6) is 5.75 Å². The molecule has 9 nitrogen and oxygen atoms in total. The summed E-state index contributed by atoms with van der Waals surface area (Å²) in [5.74, 6) is -1.95. The molecule has 0 aliphatic carbocycles. The number of ether oxygens (including phenoxy) is 3. The lowest BCUT2D eigenvalue weighted by Crippen LogP contribution is -2.33. The molecule has 0 radical (unpaired) electrons. The van der Waals surface area contributed by atoms with E-state index in [1.165, 1.54) is 30.7 Å². The number of methoxy groups -OCH3 is 2. The minimum atomic E-state index is -3.19. The smallest absolute Gasteiger partial charge is 0.320 e. The first kappa shape index (κ1) is 29.3. The molecular weight excluding hydrogens is 546 g/mol. The van der Waals surface area contributed by atoms with Crippen molar-refractivity contribution in [1.82, 2.24) is 4.90 Å². The van der Waals surface area contributed by atoms with Crippen LogP contribution >= 0.6 is 10.0 Å². The van der Waals surface area contributed by atoms with Gasteiger partial charge in [-0.2, -0.15) is 0 Å². The van der Waals surface area contributed by atoms with Gasteiger partial charge in [-0.3, -0.25) is 24.0 Å². The Labute approximate surface area is 239 Å². The molecule has 0 fully saturated rings. The van der Waals surface area contributed by atoms with Gasteiger partial charge in [0.2, 0.25) is 10.2 Å². The SMILES string of the molecule is COC(=O)C(Cc1ccc(OCCN2C=CS(C(=O)c3ccccc3)(C(=O)c3ccccc3)C2=O)cc1)C(=O)OC. The molecule has 0 atom stereocenters. The maximum Gasteiger partial charge on any atom is 0.320 e. The number of esters is 2. The Kier molecular flexibility index (Phi) is 9.36. The standard InChI is InChI=1S/C31H29NO8S/c1-38-27(33)26(28(34)39-2)21-22-13-15-25(16-14-22)40-19-17-32-18-20-41(31(32)37,29(35)23-9-5-3-6-10-23)30(36)24-11-7-4-8-12-24/h3-16,18,20,26H,17,19,21H2,1-2H3. The van der Waals surface area contributed by atoms with Crippen molar-refractivity contribution in [2.75, 3.05) is 27.4 Å². The minimum absolute atomic E-state index is 0.0942. The Balaban J connectivity index is 1.44. The van der Waals surface area contributed by atoms with E-state index in [-0.39, 0.29) is 19.6 Å². The first-order valence-electron chi connectivity index (χ1n) is 12.7. The van der Waals surface area contributed by atoms with Crippen molar-refractivity contribution in [1.29, 1.82) is 0 Å². The molecule has 1 heterocycles. The summed E-state index contributed by atoms with van der Waals surface area (Å²) in [6.07, 6.45) is 1.59. The van der Waals surface area contributed by atoms with Gasteiger partial charge in [0.05, 0.1) is 20.8 Å². The summed E-state index contributed by atoms with van der Waals surface area (Å²) in [5.41, 5.74) is 1.29. The fourth-order valence-electron chi connectivity index (χ4n) is 4.29. The summed E-state index contributed by atoms with van der Waals surface area (Å²) in [6.45, 7) is 0.208. The van der Waals surface area contributed by atoms with Crippen LogP contribution in [0.4, 0.5) is 4.79 Å². The van der Waals surface area contributed by atoms with Gasteiger partial charge in [-0.1, -0.05) is 72.8 Å². The van der Waals surface area contributed by atoms with Gasteiger partial charge in [0, 0.05) is 17.3 Å². The van der Waals surface area contributed by atoms with Gasteiger partial charge in [0.1, 0.15) is 12.4 Å². The van der Waals surface area contributed by atoms with E-state index in [2.05, 4.69) is 0 Å². The highest BCUT2D eigenvalue weighted by Gasteiger charge is 2.50. The van der Waals surface area contributed by atoms with E-state index in [9.17, 15) is 24.0 Å². The lowest BCUT2D eigenvalue weighted by molar-refractivity contribution is -0.158. The molecule has 0 N–H and O–H groups in total. The van der Waals surface area contributed by atoms with Crippen LogP contribution in [-0.2, 0) is 25.5 Å². The van der Waals surface area contributed by atoms with Gasteiger partial charge in [-0.15, -0.1) is 0 Å². The van der Waals surface area contributed by atoms with Crippen molar-refractivity contribution in [2.45, 2.75) is 6.42 Å². The highest BCUT2D eigenvalue weighted by molar-refractivity contribution is 8.67. The quantitative estimate of drug-likeness (QED) is 0.246. The van der Waals surface area contributed by atoms with E-state index in [4.69, 9.17) is 14.2 Å². The second-order valence-electron chi connectivity index (χ2n) is 9.01. The molecular formula is C31H29NO8S. The van der Waals surface area contributed by atoms with Crippen LogP contribution in [0.3, 0.4) is 0 Å². The monoisotopic (exact) mass is 575 g/mol. The second-order valence-corrected chi connectivity index (χ2v) is 11.7. The number of carbonyl (C=O) groups is 5. The zero-order chi connectivity index (χ0) is 29.4. The highest BCUT2D eigenvalue weighted by Crippen LogP contribution is 2.59. The molecule has 0 saturated heterocycles. The number of amides is 1. The third-order valence-corrected chi connectivity index (χ3v) is 9.45. The topological polar surface area (TPSA) is 116 Å². The normalized spacial score (nSPS) is 14.4. The zero-order valence-electron chi connectivity index (χ0n) is 22.6. The third-order valence-electron chi connectivity index (χ3n) is 6.49. The summed E-state index contributed by atoms with van der Waals surface area (Å²) in [7, 11) is -0.777. The fraction of sp³-hybridized carbons (Fsp3) is 0.194. The first-order valence-corrected chi connectivity index (χ1v) is 14.4. The zero-order valence-corrected chi connectivity index (χ0v) is 23.4. The van der Waals surface area contributed by atoms with E-state index in [0.717, 1.165) is 0 Å². The molecule has 212 valence electrons. The molecule has 1 aliphatic rings. The van der Waals surface area contributed by atoms with E-state index < -0.39 is 43.4 Å². The van der Waals surface area contributed by atoms with Gasteiger partial charge in [-0.25, -0.2) is 0 Å². The average molecular weight is 576 g/mol. The third kappa shape index (κ3) is 6.22. The van der Waals surface area contributed by atoms with Crippen molar-refractivity contribution in [3.63, 3.8) is 0 Å². The number of nitrogens with zero attached hydrogens (tertiary/aromatic N) is 1. The summed E-state index contributed by atoms with van der Waals surface area (Å²) >= 11 is 0. The predicted octanol–water partition coefficient (Wildman–Crippen LogP) is 4.96. The molecule has 0 bridgehead atoms. The Morgan fingerprint density at radius 1 is 0.756 bits per heavy atom. The number of hydrogen-bond acceptors (Lipinski definition) is 8. The molecule has 0 aromatic heterocycles. The van der Waals surface area contributed by atoms with Crippen molar-refractivity contribution in [3.8, 4) is 5.75 Å². The Bertz CT molecular complexity index is 1390. The number of rotatable bonds is 10. The molecule has 0 spiro atoms. The largest absolute Gasteiger partial charge is 0.492 e. The van der Waals surface area contributed by atoms with Gasteiger partial charge in [0.15, 0.2) is 5.92 Å². The summed E-state index contributed by atoms with van der Waals surface area (Å²) in [5, 5.41) is -0.127. The van der Waals surface area contributed by atoms with Gasteiger partial charge < -0.3 is 19.1 Å². The van der Waals surface area contributed by atoms with Gasteiger partial charge in [-0.05, 0) is 39.6 Å². The van der Waals surface area contributed by atoms with E-state index in [1.54, 1.807) is 84.9 Å². The van der Waals surface area contributed by atoms with Crippen LogP contribution in [0.2, 0.25) is 0 Å². The number of hydrogen-bond donors (Lipinski definition) is 0. The average Bonchev–Trinajstić information content (AvgIpc) is 3.36. The Hall–Kier alpha value is -4.70. The highest BCUT2D eigenvalue weighted by atomic mass is 32.3. The number of carbonyl (C=O) groups excluding carboxylic acids is 5. The molecule has 1 amide bonds. The predicted molar refractivity (Wildman–Crippen MR) is 154 cm³/mol. The number of benzene rings is 3. The molecule has 10 heteroatoms. The maximum atomic E-state index is 13.7. The Morgan fingerprint density at radius 2 is 1.27 bits per heavy atom. The summed E-state index contributed by atoms with van der Waals surface area (Å²) < 4.78 is 15.2. The van der Waals surface area contributed by atoms with E-state index >= 15 is 0 Å². The molecule has 0 unspecified atom stereocenters. The Morgan fingerprint density at radius 3 is 1.76 bits per heavy atom. The molecule has 0 saturated carbocycles. The summed E-state index contributed by atoms with van der Waals surface area (Å²) in [4.78, 5) is 66.4. The molecule has 3 aromatic carbocycles. The lowest BCUT2D eigenvalue weighted by Gasteiger charge is -2.29. The van der Waals surface area contributed by atoms with Gasteiger partial charge in [0.25, 0.3) is 5.24 Å². The van der Waals surface area contributed by atoms with Crippen molar-refractivity contribution in [2.24, 2.45) is 5.92 Å². The van der Waals surface area contributed by atoms with Crippen LogP contribution in [0.15, 0.2) is 96.5 Å². The second kappa shape index (κ2) is 13.1. The molecule has 41 heavy (non-hydrogen) atoms. The molecule has 1 aliphatic heterocycles. The van der Waals surface area contributed by atoms with Gasteiger partial charge >= 0.3 is 11.9 Å². The van der Waals surface area contributed by atoms with Crippen LogP contribution in [-0.4, -0.2) is 59.7 Å². The van der Waals surface area contributed by atoms with Crippen molar-refractivity contribution in [3.05, 3.63) is 113 Å². The van der Waals surface area contributed by atoms with Crippen LogP contribution in [0.25, 0.3) is 0 Å². The van der Waals surface area contributed by atoms with E-state index in [1.807, 2.05) is 0 Å². The van der Waals surface area contributed by atoms with Crippen molar-refractivity contribution < 1.29 is 38.2 Å². The molecule has 4 rings (SSSR count). The lowest BCUT2D eigenvalue weighted by atomic mass is 9.99. The minimum Gasteiger partial charge on any atom is -0.492 e. The van der Waals surface area contributed by atoms with Crippen LogP contribution < -0.4 is 4.74 Å². The van der Waals surface area contributed by atoms with Crippen molar-refractivity contribution >= 4 is 37.4 Å². The summed E-state index contributed by atoms with van der Waals surface area (Å²) in [6, 6.07) is 23.5. The van der Waals surface area contributed by atoms with Crippen LogP contribution in [0.1, 0.15) is 26.3 Å².